The molecule has 0 radical (unpaired) electrons. The highest BCUT2D eigenvalue weighted by Gasteiger charge is 2.47. The molecule has 2 aliphatic carbocycles. The number of hydrogen-bond donors (Lipinski definition) is 2. The van der Waals surface area contributed by atoms with Crippen molar-refractivity contribution in [2.75, 3.05) is 19.6 Å². The summed E-state index contributed by atoms with van der Waals surface area (Å²) in [6.45, 7) is 0.436. The first kappa shape index (κ1) is 22.0. The van der Waals surface area contributed by atoms with Crippen LogP contribution in [-0.4, -0.2) is 67.3 Å². The fraction of sp³-hybridized carbons (Fsp3) is 0.900. The van der Waals surface area contributed by atoms with E-state index in [-0.39, 0.29) is 43.9 Å². The summed E-state index contributed by atoms with van der Waals surface area (Å²) in [5.41, 5.74) is 0.493. The number of amides is 2. The monoisotopic (exact) mass is 444 g/mol. The molecule has 2 saturated heterocycles. The lowest BCUT2D eigenvalue weighted by atomic mass is 9.79. The molecule has 0 aromatic heterocycles. The molecular weight excluding hydrogens is 411 g/mol. The fourth-order valence-corrected chi connectivity index (χ4v) is 6.46. The minimum absolute atomic E-state index is 0.00808. The van der Waals surface area contributed by atoms with Gasteiger partial charge in [0.05, 0.1) is 12.6 Å². The molecule has 0 aromatic rings. The van der Waals surface area contributed by atoms with Gasteiger partial charge in [0, 0.05) is 25.4 Å². The lowest BCUT2D eigenvalue weighted by Gasteiger charge is -2.34. The summed E-state index contributed by atoms with van der Waals surface area (Å²) in [7, 11) is -3.96. The van der Waals surface area contributed by atoms with E-state index in [1.807, 2.05) is 0 Å². The lowest BCUT2D eigenvalue weighted by molar-refractivity contribution is -0.138. The first-order chi connectivity index (χ1) is 14.2. The quantitative estimate of drug-likeness (QED) is 0.660. The highest BCUT2D eigenvalue weighted by molar-refractivity contribution is 7.86. The summed E-state index contributed by atoms with van der Waals surface area (Å²) in [4.78, 5) is 27.4. The van der Waals surface area contributed by atoms with Crippen LogP contribution < -0.4 is 10.5 Å². The summed E-state index contributed by atoms with van der Waals surface area (Å²) in [5.74, 6) is -0.462. The SMILES string of the molecule is NS(=O)(=O)N1CCCCC1C(=O)NC[C@@H]1C[C@H](F)CN1C(=O)C1CCC2(CC1)CC2. The van der Waals surface area contributed by atoms with E-state index in [4.69, 9.17) is 5.14 Å². The number of piperidine rings is 1. The minimum Gasteiger partial charge on any atom is -0.353 e. The molecule has 4 aliphatic rings. The second kappa shape index (κ2) is 8.35. The van der Waals surface area contributed by atoms with Gasteiger partial charge in [0.2, 0.25) is 11.8 Å². The van der Waals surface area contributed by atoms with Crippen LogP contribution in [-0.2, 0) is 19.8 Å². The molecule has 2 saturated carbocycles. The third-order valence-corrected chi connectivity index (χ3v) is 8.69. The molecule has 0 aromatic carbocycles. The molecular formula is C20H33FN4O4S. The molecule has 4 rings (SSSR count). The topological polar surface area (TPSA) is 113 Å². The Hall–Kier alpha value is -1.26. The Morgan fingerprint density at radius 1 is 1.10 bits per heavy atom. The van der Waals surface area contributed by atoms with Crippen LogP contribution in [0.2, 0.25) is 0 Å². The second-order valence-corrected chi connectivity index (χ2v) is 11.2. The Morgan fingerprint density at radius 2 is 1.80 bits per heavy atom. The lowest BCUT2D eigenvalue weighted by Crippen LogP contribution is -2.55. The molecule has 2 amide bonds. The van der Waals surface area contributed by atoms with Crippen LogP contribution in [0.3, 0.4) is 0 Å². The number of carbonyl (C=O) groups excluding carboxylic acids is 2. The van der Waals surface area contributed by atoms with Crippen LogP contribution in [0, 0.1) is 11.3 Å². The third kappa shape index (κ3) is 4.65. The Balaban J connectivity index is 1.34. The van der Waals surface area contributed by atoms with Crippen LogP contribution in [0.15, 0.2) is 0 Å². The van der Waals surface area contributed by atoms with E-state index in [9.17, 15) is 22.4 Å². The van der Waals surface area contributed by atoms with Gasteiger partial charge in [-0.15, -0.1) is 0 Å². The van der Waals surface area contributed by atoms with Gasteiger partial charge in [-0.3, -0.25) is 9.59 Å². The van der Waals surface area contributed by atoms with Crippen molar-refractivity contribution in [1.29, 1.82) is 0 Å². The molecule has 1 spiro atoms. The third-order valence-electron chi connectivity index (χ3n) is 7.59. The highest BCUT2D eigenvalue weighted by Crippen LogP contribution is 2.57. The number of hydrogen-bond acceptors (Lipinski definition) is 4. The highest BCUT2D eigenvalue weighted by atomic mass is 32.2. The molecule has 2 aliphatic heterocycles. The molecule has 4 fully saturated rings. The Kier molecular flexibility index (Phi) is 6.11. The molecule has 3 N–H and O–H groups in total. The number of nitrogens with one attached hydrogen (secondary N) is 1. The molecule has 8 nitrogen and oxygen atoms in total. The van der Waals surface area contributed by atoms with E-state index in [1.165, 1.54) is 12.8 Å². The second-order valence-electron chi connectivity index (χ2n) is 9.66. The predicted molar refractivity (Wildman–Crippen MR) is 109 cm³/mol. The predicted octanol–water partition coefficient (Wildman–Crippen LogP) is 1.07. The standard InChI is InChI=1S/C20H33FN4O4S/c21-15-11-16(12-23-18(26)17-3-1-2-10-25(17)30(22,28)29)24(13-15)19(27)14-4-6-20(7-5-14)8-9-20/h14-17H,1-13H2,(H,23,26)(H2,22,28,29)/t15-,16-,17?/m0/s1. The van der Waals surface area contributed by atoms with Gasteiger partial charge in [0.15, 0.2) is 0 Å². The van der Waals surface area contributed by atoms with Crippen molar-refractivity contribution in [3.8, 4) is 0 Å². The van der Waals surface area contributed by atoms with Crippen LogP contribution in [0.1, 0.15) is 64.2 Å². The Labute approximate surface area is 177 Å². The maximum Gasteiger partial charge on any atom is 0.277 e. The van der Waals surface area contributed by atoms with Gasteiger partial charge in [-0.1, -0.05) is 6.42 Å². The fourth-order valence-electron chi connectivity index (χ4n) is 5.52. The normalized spacial score (nSPS) is 32.3. The Morgan fingerprint density at radius 3 is 2.43 bits per heavy atom. The van der Waals surface area contributed by atoms with Crippen molar-refractivity contribution >= 4 is 22.0 Å². The van der Waals surface area contributed by atoms with Gasteiger partial charge in [-0.05, 0) is 56.8 Å². The number of likely N-dealkylation sites (tertiary alicyclic amines) is 1. The van der Waals surface area contributed by atoms with Crippen molar-refractivity contribution in [3.05, 3.63) is 0 Å². The van der Waals surface area contributed by atoms with E-state index in [1.54, 1.807) is 4.90 Å². The smallest absolute Gasteiger partial charge is 0.277 e. The van der Waals surface area contributed by atoms with E-state index < -0.39 is 28.3 Å². The average molecular weight is 445 g/mol. The molecule has 1 unspecified atom stereocenters. The summed E-state index contributed by atoms with van der Waals surface area (Å²) in [6, 6.07) is -1.23. The zero-order valence-corrected chi connectivity index (χ0v) is 18.2. The molecule has 3 atom stereocenters. The molecule has 0 bridgehead atoms. The molecule has 10 heteroatoms. The van der Waals surface area contributed by atoms with Crippen LogP contribution >= 0.6 is 0 Å². The maximum atomic E-state index is 14.2. The largest absolute Gasteiger partial charge is 0.353 e. The van der Waals surface area contributed by atoms with E-state index >= 15 is 0 Å². The first-order valence-electron chi connectivity index (χ1n) is 11.2. The van der Waals surface area contributed by atoms with Gasteiger partial charge in [0.1, 0.15) is 12.2 Å². The van der Waals surface area contributed by atoms with Crippen molar-refractivity contribution in [1.82, 2.24) is 14.5 Å². The average Bonchev–Trinajstić information content (AvgIpc) is 3.36. The van der Waals surface area contributed by atoms with Crippen molar-refractivity contribution in [3.63, 3.8) is 0 Å². The van der Waals surface area contributed by atoms with Gasteiger partial charge in [-0.2, -0.15) is 12.7 Å². The number of nitrogens with two attached hydrogens (primary N) is 1. The maximum absolute atomic E-state index is 14.2. The Bertz CT molecular complexity index is 778. The summed E-state index contributed by atoms with van der Waals surface area (Å²) in [5, 5.41) is 8.03. The summed E-state index contributed by atoms with van der Waals surface area (Å²) in [6.07, 6.45) is 7.39. The first-order valence-corrected chi connectivity index (χ1v) is 12.7. The van der Waals surface area contributed by atoms with Crippen molar-refractivity contribution < 1.29 is 22.4 Å². The number of rotatable bonds is 5. The molecule has 170 valence electrons. The minimum atomic E-state index is -3.96. The zero-order valence-electron chi connectivity index (χ0n) is 17.4. The van der Waals surface area contributed by atoms with Crippen molar-refractivity contribution in [2.45, 2.75) is 82.5 Å². The van der Waals surface area contributed by atoms with E-state index in [0.717, 1.165) is 36.4 Å². The number of halogens is 1. The van der Waals surface area contributed by atoms with Gasteiger partial charge >= 0.3 is 0 Å². The number of nitrogens with zero attached hydrogens (tertiary/aromatic N) is 2. The molecule has 2 heterocycles. The number of alkyl halides is 1. The summed E-state index contributed by atoms with van der Waals surface area (Å²) >= 11 is 0. The van der Waals surface area contributed by atoms with Crippen LogP contribution in [0.25, 0.3) is 0 Å². The van der Waals surface area contributed by atoms with Crippen LogP contribution in [0.4, 0.5) is 4.39 Å². The number of carbonyl (C=O) groups is 2. The van der Waals surface area contributed by atoms with E-state index in [0.29, 0.717) is 18.3 Å². The summed E-state index contributed by atoms with van der Waals surface area (Å²) < 4.78 is 38.8. The van der Waals surface area contributed by atoms with Crippen LogP contribution in [0.5, 0.6) is 0 Å². The van der Waals surface area contributed by atoms with Gasteiger partial charge in [-0.25, -0.2) is 9.53 Å². The van der Waals surface area contributed by atoms with Gasteiger partial charge < -0.3 is 10.2 Å². The van der Waals surface area contributed by atoms with E-state index in [2.05, 4.69) is 5.32 Å². The zero-order chi connectivity index (χ0) is 21.5. The molecule has 30 heavy (non-hydrogen) atoms. The van der Waals surface area contributed by atoms with Gasteiger partial charge in [0.25, 0.3) is 10.2 Å². The van der Waals surface area contributed by atoms with Crippen molar-refractivity contribution in [2.24, 2.45) is 16.5 Å².